The summed E-state index contributed by atoms with van der Waals surface area (Å²) in [6.07, 6.45) is 2.49. The van der Waals surface area contributed by atoms with Crippen LogP contribution in [0.5, 0.6) is 0 Å². The Hall–Kier alpha value is -1.88. The zero-order valence-electron chi connectivity index (χ0n) is 11.6. The van der Waals surface area contributed by atoms with E-state index < -0.39 is 0 Å². The van der Waals surface area contributed by atoms with Crippen LogP contribution >= 0.6 is 11.6 Å². The molecule has 0 radical (unpaired) electrons. The minimum absolute atomic E-state index is 0.276. The zero-order chi connectivity index (χ0) is 14.4. The summed E-state index contributed by atoms with van der Waals surface area (Å²) in [7, 11) is 0. The lowest BCUT2D eigenvalue weighted by molar-refractivity contribution is 0.849. The fraction of sp³-hybridized carbons (Fsp3) is 0.357. The van der Waals surface area contributed by atoms with Crippen LogP contribution in [0.2, 0.25) is 5.02 Å². The fourth-order valence-electron chi connectivity index (χ4n) is 1.74. The summed E-state index contributed by atoms with van der Waals surface area (Å²) >= 11 is 5.95. The molecule has 5 nitrogen and oxygen atoms in total. The molecule has 0 spiro atoms. The number of rotatable bonds is 6. The van der Waals surface area contributed by atoms with Gasteiger partial charge in [0.2, 0.25) is 5.95 Å². The molecule has 1 heterocycles. The van der Waals surface area contributed by atoms with Gasteiger partial charge in [-0.25, -0.2) is 0 Å². The number of hydrogen-bond donors (Lipinski definition) is 2. The second-order valence-electron chi connectivity index (χ2n) is 4.77. The highest BCUT2D eigenvalue weighted by molar-refractivity contribution is 6.30. The van der Waals surface area contributed by atoms with Crippen molar-refractivity contribution in [1.29, 1.82) is 0 Å². The van der Waals surface area contributed by atoms with E-state index in [1.54, 1.807) is 6.20 Å². The van der Waals surface area contributed by atoms with Gasteiger partial charge in [-0.05, 0) is 38.0 Å². The summed E-state index contributed by atoms with van der Waals surface area (Å²) in [5, 5.41) is 15.0. The Morgan fingerprint density at radius 2 is 2.15 bits per heavy atom. The molecule has 6 heteroatoms. The molecule has 2 N–H and O–H groups in total. The maximum atomic E-state index is 5.95. The summed E-state index contributed by atoms with van der Waals surface area (Å²) in [4.78, 5) is 4.34. The molecule has 1 aromatic heterocycles. The van der Waals surface area contributed by atoms with E-state index in [4.69, 9.17) is 11.6 Å². The Bertz CT molecular complexity index is 559. The van der Waals surface area contributed by atoms with Crippen LogP contribution in [0.3, 0.4) is 0 Å². The maximum Gasteiger partial charge on any atom is 0.244 e. The summed E-state index contributed by atoms with van der Waals surface area (Å²) in [5.74, 6) is 1.25. The van der Waals surface area contributed by atoms with E-state index in [1.807, 2.05) is 32.0 Å². The molecule has 0 fully saturated rings. The SMILES string of the molecule is CC(C)Nc1nncc(NCCc2cccc(Cl)c2)n1. The van der Waals surface area contributed by atoms with Crippen molar-refractivity contribution < 1.29 is 0 Å². The van der Waals surface area contributed by atoms with Gasteiger partial charge in [-0.15, -0.1) is 5.10 Å². The van der Waals surface area contributed by atoms with Crippen LogP contribution in [0.15, 0.2) is 30.5 Å². The average molecular weight is 292 g/mol. The lowest BCUT2D eigenvalue weighted by atomic mass is 10.1. The summed E-state index contributed by atoms with van der Waals surface area (Å²) in [6.45, 7) is 4.82. The van der Waals surface area contributed by atoms with Crippen LogP contribution < -0.4 is 10.6 Å². The van der Waals surface area contributed by atoms with Gasteiger partial charge < -0.3 is 10.6 Å². The first-order chi connectivity index (χ1) is 9.63. The van der Waals surface area contributed by atoms with Crippen molar-refractivity contribution in [2.24, 2.45) is 0 Å². The summed E-state index contributed by atoms with van der Waals surface area (Å²) < 4.78 is 0. The molecule has 0 saturated carbocycles. The van der Waals surface area contributed by atoms with Crippen molar-refractivity contribution in [2.45, 2.75) is 26.3 Å². The minimum Gasteiger partial charge on any atom is -0.368 e. The van der Waals surface area contributed by atoms with Gasteiger partial charge >= 0.3 is 0 Å². The predicted molar refractivity (Wildman–Crippen MR) is 82.2 cm³/mol. The first kappa shape index (κ1) is 14.5. The molecule has 0 bridgehead atoms. The molecular formula is C14H18ClN5. The molecule has 2 aromatic rings. The Morgan fingerprint density at radius 1 is 1.30 bits per heavy atom. The highest BCUT2D eigenvalue weighted by Gasteiger charge is 2.02. The standard InChI is InChI=1S/C14H18ClN5/c1-10(2)18-14-19-13(9-17-20-14)16-7-6-11-4-3-5-12(15)8-11/h3-5,8-10H,6-7H2,1-2H3,(H2,16,18,19,20). The highest BCUT2D eigenvalue weighted by Crippen LogP contribution is 2.11. The topological polar surface area (TPSA) is 62.7 Å². The zero-order valence-corrected chi connectivity index (χ0v) is 12.4. The third-order valence-electron chi connectivity index (χ3n) is 2.59. The molecule has 0 saturated heterocycles. The van der Waals surface area contributed by atoms with Gasteiger partial charge in [-0.3, -0.25) is 0 Å². The molecule has 0 amide bonds. The lowest BCUT2D eigenvalue weighted by Crippen LogP contribution is -2.14. The number of aromatic nitrogens is 3. The molecule has 1 aromatic carbocycles. The van der Waals surface area contributed by atoms with Crippen molar-refractivity contribution in [2.75, 3.05) is 17.2 Å². The molecule has 2 rings (SSSR count). The number of benzene rings is 1. The van der Waals surface area contributed by atoms with Crippen LogP contribution in [0, 0.1) is 0 Å². The number of halogens is 1. The van der Waals surface area contributed by atoms with Crippen molar-refractivity contribution in [3.63, 3.8) is 0 Å². The molecule has 0 aliphatic carbocycles. The second kappa shape index (κ2) is 7.05. The van der Waals surface area contributed by atoms with E-state index in [1.165, 1.54) is 5.56 Å². The van der Waals surface area contributed by atoms with Crippen LogP contribution in [-0.2, 0) is 6.42 Å². The molecule has 106 valence electrons. The van der Waals surface area contributed by atoms with Crippen LogP contribution in [0.1, 0.15) is 19.4 Å². The highest BCUT2D eigenvalue weighted by atomic mass is 35.5. The maximum absolute atomic E-state index is 5.95. The van der Waals surface area contributed by atoms with Gasteiger partial charge in [0.25, 0.3) is 0 Å². The van der Waals surface area contributed by atoms with E-state index in [9.17, 15) is 0 Å². The van der Waals surface area contributed by atoms with Gasteiger partial charge in [0.15, 0.2) is 5.82 Å². The van der Waals surface area contributed by atoms with E-state index in [0.717, 1.165) is 18.0 Å². The van der Waals surface area contributed by atoms with E-state index in [2.05, 4.69) is 31.9 Å². The first-order valence-corrected chi connectivity index (χ1v) is 6.96. The quantitative estimate of drug-likeness (QED) is 0.856. The third-order valence-corrected chi connectivity index (χ3v) is 2.82. The van der Waals surface area contributed by atoms with Crippen LogP contribution in [-0.4, -0.2) is 27.8 Å². The smallest absolute Gasteiger partial charge is 0.244 e. The Kier molecular flexibility index (Phi) is 5.12. The number of anilines is 2. The fourth-order valence-corrected chi connectivity index (χ4v) is 1.95. The molecular weight excluding hydrogens is 274 g/mol. The molecule has 0 aliphatic heterocycles. The van der Waals surface area contributed by atoms with Crippen molar-refractivity contribution in [3.8, 4) is 0 Å². The van der Waals surface area contributed by atoms with Crippen LogP contribution in [0.4, 0.5) is 11.8 Å². The Labute approximate surface area is 123 Å². The lowest BCUT2D eigenvalue weighted by Gasteiger charge is -2.09. The van der Waals surface area contributed by atoms with E-state index in [0.29, 0.717) is 11.8 Å². The Morgan fingerprint density at radius 3 is 2.90 bits per heavy atom. The summed E-state index contributed by atoms with van der Waals surface area (Å²) in [6, 6.07) is 8.12. The Balaban J connectivity index is 1.87. The number of hydrogen-bond acceptors (Lipinski definition) is 5. The van der Waals surface area contributed by atoms with Gasteiger partial charge in [-0.2, -0.15) is 10.1 Å². The third kappa shape index (κ3) is 4.66. The second-order valence-corrected chi connectivity index (χ2v) is 5.21. The van der Waals surface area contributed by atoms with Gasteiger partial charge in [-0.1, -0.05) is 23.7 Å². The van der Waals surface area contributed by atoms with E-state index in [-0.39, 0.29) is 6.04 Å². The van der Waals surface area contributed by atoms with Gasteiger partial charge in [0.1, 0.15) is 0 Å². The summed E-state index contributed by atoms with van der Waals surface area (Å²) in [5.41, 5.74) is 1.19. The van der Waals surface area contributed by atoms with Crippen molar-refractivity contribution >= 4 is 23.4 Å². The van der Waals surface area contributed by atoms with Crippen molar-refractivity contribution in [3.05, 3.63) is 41.0 Å². The normalized spacial score (nSPS) is 10.6. The molecule has 0 unspecified atom stereocenters. The largest absolute Gasteiger partial charge is 0.368 e. The number of nitrogens with zero attached hydrogens (tertiary/aromatic N) is 3. The monoisotopic (exact) mass is 291 g/mol. The van der Waals surface area contributed by atoms with E-state index >= 15 is 0 Å². The molecule has 0 aliphatic rings. The first-order valence-electron chi connectivity index (χ1n) is 6.58. The van der Waals surface area contributed by atoms with Gasteiger partial charge in [0.05, 0.1) is 6.20 Å². The predicted octanol–water partition coefficient (Wildman–Crippen LogP) is 3.00. The average Bonchev–Trinajstić information content (AvgIpc) is 2.38. The molecule has 20 heavy (non-hydrogen) atoms. The minimum atomic E-state index is 0.276. The molecule has 0 atom stereocenters. The van der Waals surface area contributed by atoms with Gasteiger partial charge in [0, 0.05) is 17.6 Å². The van der Waals surface area contributed by atoms with Crippen molar-refractivity contribution in [1.82, 2.24) is 15.2 Å². The number of nitrogens with one attached hydrogen (secondary N) is 2. The van der Waals surface area contributed by atoms with Crippen LogP contribution in [0.25, 0.3) is 0 Å².